The van der Waals surface area contributed by atoms with E-state index in [0.717, 1.165) is 16.5 Å². The molecule has 37 heavy (non-hydrogen) atoms. The Morgan fingerprint density at radius 1 is 0.973 bits per heavy atom. The van der Waals surface area contributed by atoms with E-state index in [-0.39, 0.29) is 18.8 Å². The number of aromatic amines is 1. The maximum atomic E-state index is 13.1. The summed E-state index contributed by atoms with van der Waals surface area (Å²) in [6.07, 6.45) is 1.77. The zero-order chi connectivity index (χ0) is 27.7. The quantitative estimate of drug-likeness (QED) is 0.188. The molecule has 0 spiro atoms. The normalized spacial score (nSPS) is 15.1. The molecule has 12 nitrogen and oxygen atoms in total. The second-order valence-electron chi connectivity index (χ2n) is 9.10. The number of H-pyrrole nitrogens is 1. The van der Waals surface area contributed by atoms with Gasteiger partial charge in [0.2, 0.25) is 17.7 Å². The molecule has 1 aromatic carbocycles. The van der Waals surface area contributed by atoms with Gasteiger partial charge in [-0.1, -0.05) is 38.5 Å². The molecule has 5 atom stereocenters. The highest BCUT2D eigenvalue weighted by molar-refractivity contribution is 5.94. The fraction of sp³-hybridized carbons (Fsp3) is 0.480. The summed E-state index contributed by atoms with van der Waals surface area (Å²) in [5, 5.41) is 26.5. The smallest absolute Gasteiger partial charge is 0.325 e. The summed E-state index contributed by atoms with van der Waals surface area (Å²) < 4.78 is 0. The molecule has 12 heteroatoms. The number of hydrogen-bond donors (Lipinski definition) is 7. The lowest BCUT2D eigenvalue weighted by Crippen LogP contribution is -2.58. The Hall–Kier alpha value is -3.93. The summed E-state index contributed by atoms with van der Waals surface area (Å²) in [4.78, 5) is 64.1. The molecule has 0 aliphatic carbocycles. The molecular weight excluding hydrogens is 482 g/mol. The maximum Gasteiger partial charge on any atom is 0.325 e. The minimum Gasteiger partial charge on any atom is -0.481 e. The topological polar surface area (TPSA) is 204 Å². The number of para-hydroxylation sites is 1. The number of aliphatic carboxylic acids is 2. The van der Waals surface area contributed by atoms with Crippen molar-refractivity contribution in [1.82, 2.24) is 20.9 Å². The molecular formula is C25H35N5O7. The summed E-state index contributed by atoms with van der Waals surface area (Å²) in [5.41, 5.74) is 7.81. The number of carboxylic acid groups (broad SMARTS) is 2. The third-order valence-corrected chi connectivity index (χ3v) is 6.25. The van der Waals surface area contributed by atoms with Crippen LogP contribution in [0.5, 0.6) is 0 Å². The van der Waals surface area contributed by atoms with Gasteiger partial charge < -0.3 is 36.9 Å². The first-order chi connectivity index (χ1) is 17.4. The van der Waals surface area contributed by atoms with E-state index in [1.54, 1.807) is 20.0 Å². The second-order valence-corrected chi connectivity index (χ2v) is 9.10. The lowest BCUT2D eigenvalue weighted by Gasteiger charge is -2.27. The Morgan fingerprint density at radius 3 is 2.27 bits per heavy atom. The fourth-order valence-electron chi connectivity index (χ4n) is 3.77. The minimum absolute atomic E-state index is 0.175. The first-order valence-electron chi connectivity index (χ1n) is 12.1. The molecule has 8 N–H and O–H groups in total. The number of hydrogen-bond acceptors (Lipinski definition) is 6. The highest BCUT2D eigenvalue weighted by Crippen LogP contribution is 2.19. The van der Waals surface area contributed by atoms with Gasteiger partial charge in [-0.25, -0.2) is 0 Å². The molecule has 0 saturated heterocycles. The third-order valence-electron chi connectivity index (χ3n) is 6.25. The molecule has 0 aliphatic heterocycles. The Kier molecular flexibility index (Phi) is 10.6. The zero-order valence-electron chi connectivity index (χ0n) is 21.1. The number of nitrogens with two attached hydrogens (primary N) is 1. The van der Waals surface area contributed by atoms with Crippen LogP contribution >= 0.6 is 0 Å². The van der Waals surface area contributed by atoms with Gasteiger partial charge in [0.15, 0.2) is 0 Å². The first kappa shape index (κ1) is 29.3. The van der Waals surface area contributed by atoms with Crippen LogP contribution in [0.25, 0.3) is 10.9 Å². The first-order valence-corrected chi connectivity index (χ1v) is 12.1. The highest BCUT2D eigenvalue weighted by atomic mass is 16.4. The second kappa shape index (κ2) is 13.4. The molecule has 1 heterocycles. The molecule has 2 aromatic rings. The van der Waals surface area contributed by atoms with Gasteiger partial charge in [0, 0.05) is 23.5 Å². The number of carbonyl (C=O) groups excluding carboxylic acids is 3. The van der Waals surface area contributed by atoms with Crippen LogP contribution in [0.3, 0.4) is 0 Å². The standard InChI is InChI=1S/C25H35N5O7/c1-4-13(2)21(24(35)28-14(3)25(36)37)30-23(34)19(9-10-20(31)32)29-22(33)17(26)11-15-12-27-18-8-6-5-7-16(15)18/h5-8,12-14,17,19,21,27H,4,9-11,26H2,1-3H3,(H,28,35)(H,29,33)(H,30,34)(H,31,32)(H,36,37). The van der Waals surface area contributed by atoms with Crippen LogP contribution < -0.4 is 21.7 Å². The van der Waals surface area contributed by atoms with Gasteiger partial charge in [-0.05, 0) is 37.3 Å². The van der Waals surface area contributed by atoms with E-state index < -0.39 is 60.2 Å². The maximum absolute atomic E-state index is 13.1. The van der Waals surface area contributed by atoms with Crippen molar-refractivity contribution in [3.05, 3.63) is 36.0 Å². The molecule has 2 rings (SSSR count). The van der Waals surface area contributed by atoms with E-state index in [1.165, 1.54) is 6.92 Å². The predicted octanol–water partition coefficient (Wildman–Crippen LogP) is 0.508. The summed E-state index contributed by atoms with van der Waals surface area (Å²) in [6, 6.07) is 2.94. The van der Waals surface area contributed by atoms with E-state index in [1.807, 2.05) is 24.3 Å². The summed E-state index contributed by atoms with van der Waals surface area (Å²) >= 11 is 0. The van der Waals surface area contributed by atoms with Gasteiger partial charge in [-0.3, -0.25) is 24.0 Å². The van der Waals surface area contributed by atoms with Gasteiger partial charge in [0.25, 0.3) is 0 Å². The van der Waals surface area contributed by atoms with Crippen molar-refractivity contribution in [1.29, 1.82) is 0 Å². The largest absolute Gasteiger partial charge is 0.481 e. The molecule has 0 fully saturated rings. The number of carboxylic acids is 2. The van der Waals surface area contributed by atoms with E-state index >= 15 is 0 Å². The minimum atomic E-state index is -1.27. The molecule has 3 amide bonds. The van der Waals surface area contributed by atoms with E-state index in [2.05, 4.69) is 20.9 Å². The number of amides is 3. The number of nitrogens with one attached hydrogen (secondary N) is 4. The SMILES string of the molecule is CCC(C)C(NC(=O)C(CCC(=O)O)NC(=O)C(N)Cc1c[nH]c2ccccc12)C(=O)NC(C)C(=O)O. The number of benzene rings is 1. The van der Waals surface area contributed by atoms with E-state index in [0.29, 0.717) is 6.42 Å². The molecule has 0 aliphatic rings. The summed E-state index contributed by atoms with van der Waals surface area (Å²) in [5.74, 6) is -4.89. The Labute approximate surface area is 214 Å². The lowest BCUT2D eigenvalue weighted by atomic mass is 9.97. The van der Waals surface area contributed by atoms with Crippen molar-refractivity contribution in [2.24, 2.45) is 11.7 Å². The van der Waals surface area contributed by atoms with Crippen LogP contribution in [0.1, 0.15) is 45.6 Å². The lowest BCUT2D eigenvalue weighted by molar-refractivity contribution is -0.142. The molecule has 0 bridgehead atoms. The Morgan fingerprint density at radius 2 is 1.65 bits per heavy atom. The van der Waals surface area contributed by atoms with Crippen molar-refractivity contribution in [3.8, 4) is 0 Å². The number of aromatic nitrogens is 1. The van der Waals surface area contributed by atoms with Gasteiger partial charge in [0.05, 0.1) is 6.04 Å². The average molecular weight is 518 g/mol. The number of rotatable bonds is 14. The van der Waals surface area contributed by atoms with Gasteiger partial charge >= 0.3 is 11.9 Å². The van der Waals surface area contributed by atoms with Crippen LogP contribution in [-0.2, 0) is 30.4 Å². The number of fused-ring (bicyclic) bond motifs is 1. The molecule has 0 saturated carbocycles. The van der Waals surface area contributed by atoms with Crippen molar-refractivity contribution in [2.75, 3.05) is 0 Å². The van der Waals surface area contributed by atoms with Crippen molar-refractivity contribution >= 4 is 40.6 Å². The van der Waals surface area contributed by atoms with Crippen LogP contribution in [-0.4, -0.2) is 69.0 Å². The van der Waals surface area contributed by atoms with Crippen LogP contribution in [0.4, 0.5) is 0 Å². The summed E-state index contributed by atoms with van der Waals surface area (Å²) in [7, 11) is 0. The predicted molar refractivity (Wildman–Crippen MR) is 135 cm³/mol. The van der Waals surface area contributed by atoms with Gasteiger partial charge in [-0.15, -0.1) is 0 Å². The van der Waals surface area contributed by atoms with Crippen LogP contribution in [0, 0.1) is 5.92 Å². The van der Waals surface area contributed by atoms with Gasteiger partial charge in [-0.2, -0.15) is 0 Å². The molecule has 5 unspecified atom stereocenters. The fourth-order valence-corrected chi connectivity index (χ4v) is 3.77. The van der Waals surface area contributed by atoms with Gasteiger partial charge in [0.1, 0.15) is 18.1 Å². The summed E-state index contributed by atoms with van der Waals surface area (Å²) in [6.45, 7) is 4.80. The molecule has 1 aromatic heterocycles. The zero-order valence-corrected chi connectivity index (χ0v) is 21.1. The highest BCUT2D eigenvalue weighted by Gasteiger charge is 2.32. The third kappa shape index (κ3) is 8.31. The molecule has 202 valence electrons. The average Bonchev–Trinajstić information content (AvgIpc) is 3.26. The van der Waals surface area contributed by atoms with Crippen LogP contribution in [0.2, 0.25) is 0 Å². The Bertz CT molecular complexity index is 1130. The molecule has 0 radical (unpaired) electrons. The Balaban J connectivity index is 2.14. The van der Waals surface area contributed by atoms with Crippen molar-refractivity contribution < 1.29 is 34.2 Å². The number of carbonyl (C=O) groups is 5. The van der Waals surface area contributed by atoms with Crippen molar-refractivity contribution in [2.45, 2.75) is 70.6 Å². The van der Waals surface area contributed by atoms with E-state index in [4.69, 9.17) is 15.9 Å². The van der Waals surface area contributed by atoms with Crippen molar-refractivity contribution in [3.63, 3.8) is 0 Å². The van der Waals surface area contributed by atoms with Crippen LogP contribution in [0.15, 0.2) is 30.5 Å². The monoisotopic (exact) mass is 517 g/mol. The van der Waals surface area contributed by atoms with E-state index in [9.17, 15) is 24.0 Å².